The van der Waals surface area contributed by atoms with Gasteiger partial charge in [0.05, 0.1) is 17.8 Å². The highest BCUT2D eigenvalue weighted by Crippen LogP contribution is 2.73. The lowest BCUT2D eigenvalue weighted by atomic mass is 9.37. The molecule has 0 aromatic heterocycles. The highest BCUT2D eigenvalue weighted by Gasteiger charge is 2.69. The normalized spacial score (nSPS) is 49.0. The molecule has 3 N–H and O–H groups in total. The summed E-state index contributed by atoms with van der Waals surface area (Å²) in [6.07, 6.45) is 6.11. The van der Waals surface area contributed by atoms with Gasteiger partial charge >= 0.3 is 5.97 Å². The first-order valence-corrected chi connectivity index (χ1v) is 15.6. The number of methoxy groups -OCH3 is 1. The molecule has 0 unspecified atom stereocenters. The van der Waals surface area contributed by atoms with Crippen LogP contribution in [0.2, 0.25) is 0 Å². The predicted molar refractivity (Wildman–Crippen MR) is 152 cm³/mol. The molecule has 0 aromatic carbocycles. The first-order chi connectivity index (χ1) is 18.4. The van der Waals surface area contributed by atoms with Crippen LogP contribution >= 0.6 is 0 Å². The van der Waals surface area contributed by atoms with Crippen molar-refractivity contribution < 1.29 is 34.3 Å². The zero-order chi connectivity index (χ0) is 29.6. The largest absolute Gasteiger partial charge is 0.462 e. The van der Waals surface area contributed by atoms with Gasteiger partial charge in [-0.2, -0.15) is 0 Å². The maximum absolute atomic E-state index is 12.1. The zero-order valence-corrected chi connectivity index (χ0v) is 26.2. The lowest BCUT2D eigenvalue weighted by Crippen LogP contribution is -2.65. The van der Waals surface area contributed by atoms with Gasteiger partial charge in [-0.25, -0.2) is 0 Å². The first kappa shape index (κ1) is 30.5. The molecule has 5 rings (SSSR count). The van der Waals surface area contributed by atoms with Gasteiger partial charge in [-0.15, -0.1) is 0 Å². The molecule has 1 saturated heterocycles. The van der Waals surface area contributed by atoms with Crippen LogP contribution in [0.5, 0.6) is 0 Å². The molecule has 0 aromatic rings. The lowest BCUT2D eigenvalue weighted by Gasteiger charge is -2.68. The summed E-state index contributed by atoms with van der Waals surface area (Å²) in [5, 5.41) is 33.4. The van der Waals surface area contributed by atoms with E-state index < -0.39 is 30.2 Å². The molecule has 1 aliphatic heterocycles. The third-order valence-electron chi connectivity index (χ3n) is 13.0. The number of rotatable bonds is 5. The summed E-state index contributed by atoms with van der Waals surface area (Å²) in [5.41, 5.74) is -0.453. The van der Waals surface area contributed by atoms with Gasteiger partial charge < -0.3 is 29.5 Å². The fourth-order valence-electron chi connectivity index (χ4n) is 11.0. The summed E-state index contributed by atoms with van der Waals surface area (Å²) < 4.78 is 17.9. The van der Waals surface area contributed by atoms with Gasteiger partial charge in [0.1, 0.15) is 12.2 Å². The van der Waals surface area contributed by atoms with Crippen LogP contribution in [0.25, 0.3) is 0 Å². The summed E-state index contributed by atoms with van der Waals surface area (Å²) in [6.45, 7) is 16.4. The van der Waals surface area contributed by atoms with Crippen LogP contribution < -0.4 is 0 Å². The monoisotopic (exact) mass is 562 g/mol. The summed E-state index contributed by atoms with van der Waals surface area (Å²) >= 11 is 0. The SMILES string of the molecule is CO[C@@H]1O[C@@H]([C@H](O)C(C)(C)O)C[C@H]1[C@@H]1CC=C2[C@]3(C)[C@H](O)C[C@H]4C(C)(C)[C@H](OC(C)=O)CC[C@]4(C)[C@H]3CC[C@]21C. The smallest absolute Gasteiger partial charge is 0.302 e. The Morgan fingerprint density at radius 2 is 1.77 bits per heavy atom. The van der Waals surface area contributed by atoms with E-state index in [1.807, 2.05) is 0 Å². The standard InChI is InChI=1S/C33H54O7/c1-18(34)39-26-13-15-32(7)23-12-14-31(6)20(19-16-21(40-28(19)38-9)27(36)30(4,5)37)10-11-22(31)33(23,8)25(35)17-24(32)29(26,2)3/h11,19-21,23-28,35-37H,10,12-17H2,1-9H3/t19-,20-,21+,23+,24-,25+,26+,27-,28+,31-,32+,33-/m0/s1. The number of hydrogen-bond donors (Lipinski definition) is 3. The van der Waals surface area contributed by atoms with Gasteiger partial charge in [0.25, 0.3) is 0 Å². The van der Waals surface area contributed by atoms with Crippen LogP contribution in [-0.4, -0.2) is 64.7 Å². The minimum absolute atomic E-state index is 0.0435. The number of carbonyl (C=O) groups is 1. The molecular weight excluding hydrogens is 508 g/mol. The molecule has 0 bridgehead atoms. The average molecular weight is 563 g/mol. The van der Waals surface area contributed by atoms with Crippen LogP contribution in [-0.2, 0) is 19.0 Å². The molecule has 0 spiro atoms. The van der Waals surface area contributed by atoms with E-state index in [2.05, 4.69) is 40.7 Å². The number of hydrogen-bond acceptors (Lipinski definition) is 7. The summed E-state index contributed by atoms with van der Waals surface area (Å²) in [5.74, 6) is 0.748. The summed E-state index contributed by atoms with van der Waals surface area (Å²) in [7, 11) is 1.67. The second-order valence-corrected chi connectivity index (χ2v) is 15.8. The van der Waals surface area contributed by atoms with E-state index in [1.54, 1.807) is 21.0 Å². The third-order valence-corrected chi connectivity index (χ3v) is 13.0. The van der Waals surface area contributed by atoms with E-state index in [-0.39, 0.29) is 51.5 Å². The van der Waals surface area contributed by atoms with Gasteiger partial charge in [-0.1, -0.05) is 46.3 Å². The van der Waals surface area contributed by atoms with E-state index in [0.29, 0.717) is 18.8 Å². The third kappa shape index (κ3) is 4.27. The number of aliphatic hydroxyl groups excluding tert-OH is 2. The highest BCUT2D eigenvalue weighted by molar-refractivity contribution is 5.66. The van der Waals surface area contributed by atoms with E-state index in [1.165, 1.54) is 12.5 Å². The molecule has 4 fully saturated rings. The predicted octanol–water partition coefficient (Wildman–Crippen LogP) is 5.00. The molecule has 3 saturated carbocycles. The topological polar surface area (TPSA) is 105 Å². The van der Waals surface area contributed by atoms with Gasteiger partial charge in [0.15, 0.2) is 6.29 Å². The van der Waals surface area contributed by atoms with Gasteiger partial charge in [0, 0.05) is 30.8 Å². The Hall–Kier alpha value is -0.990. The minimum atomic E-state index is -1.26. The second kappa shape index (κ2) is 9.77. The van der Waals surface area contributed by atoms with Crippen molar-refractivity contribution in [3.63, 3.8) is 0 Å². The molecular formula is C33H54O7. The quantitative estimate of drug-likeness (QED) is 0.320. The van der Waals surface area contributed by atoms with Crippen molar-refractivity contribution in [2.45, 2.75) is 137 Å². The maximum atomic E-state index is 12.1. The molecule has 40 heavy (non-hydrogen) atoms. The minimum Gasteiger partial charge on any atom is -0.462 e. The molecule has 5 aliphatic rings. The van der Waals surface area contributed by atoms with Gasteiger partial charge in [0.2, 0.25) is 0 Å². The fraction of sp³-hybridized carbons (Fsp3) is 0.909. The van der Waals surface area contributed by atoms with Crippen LogP contribution in [0, 0.1) is 45.3 Å². The van der Waals surface area contributed by atoms with Crippen molar-refractivity contribution in [1.29, 1.82) is 0 Å². The Bertz CT molecular complexity index is 1030. The number of allylic oxidation sites excluding steroid dienone is 1. The number of carbonyl (C=O) groups excluding carboxylic acids is 1. The van der Waals surface area contributed by atoms with Crippen LogP contribution in [0.4, 0.5) is 0 Å². The number of esters is 1. The Kier molecular flexibility index (Phi) is 7.44. The van der Waals surface area contributed by atoms with E-state index in [4.69, 9.17) is 14.2 Å². The Morgan fingerprint density at radius 3 is 2.38 bits per heavy atom. The molecule has 7 nitrogen and oxygen atoms in total. The molecule has 0 amide bonds. The van der Waals surface area contributed by atoms with Crippen molar-refractivity contribution in [2.75, 3.05) is 7.11 Å². The van der Waals surface area contributed by atoms with Gasteiger partial charge in [-0.3, -0.25) is 4.79 Å². The second-order valence-electron chi connectivity index (χ2n) is 15.8. The van der Waals surface area contributed by atoms with Crippen LogP contribution in [0.15, 0.2) is 11.6 Å². The zero-order valence-electron chi connectivity index (χ0n) is 26.2. The summed E-state index contributed by atoms with van der Waals surface area (Å²) in [4.78, 5) is 11.9. The van der Waals surface area contributed by atoms with Crippen molar-refractivity contribution in [3.8, 4) is 0 Å². The molecule has 7 heteroatoms. The summed E-state index contributed by atoms with van der Waals surface area (Å²) in [6, 6.07) is 0. The van der Waals surface area contributed by atoms with E-state index in [9.17, 15) is 20.1 Å². The number of ether oxygens (including phenoxy) is 3. The fourth-order valence-corrected chi connectivity index (χ4v) is 11.0. The molecule has 228 valence electrons. The Balaban J connectivity index is 1.44. The Labute approximate surface area is 241 Å². The first-order valence-electron chi connectivity index (χ1n) is 15.6. The molecule has 12 atom stereocenters. The maximum Gasteiger partial charge on any atom is 0.302 e. The van der Waals surface area contributed by atoms with Crippen molar-refractivity contribution in [1.82, 2.24) is 0 Å². The number of aliphatic hydroxyl groups is 3. The van der Waals surface area contributed by atoms with Crippen molar-refractivity contribution >= 4 is 5.97 Å². The lowest BCUT2D eigenvalue weighted by molar-refractivity contribution is -0.221. The Morgan fingerprint density at radius 1 is 1.10 bits per heavy atom. The molecule has 0 radical (unpaired) electrons. The van der Waals surface area contributed by atoms with E-state index in [0.717, 1.165) is 32.1 Å². The molecule has 4 aliphatic carbocycles. The van der Waals surface area contributed by atoms with Crippen molar-refractivity contribution in [2.24, 2.45) is 45.3 Å². The molecule has 1 heterocycles. The van der Waals surface area contributed by atoms with Crippen molar-refractivity contribution in [3.05, 3.63) is 11.6 Å². The van der Waals surface area contributed by atoms with Gasteiger partial charge in [-0.05, 0) is 87.4 Å². The van der Waals surface area contributed by atoms with Crippen LogP contribution in [0.1, 0.15) is 100 Å². The average Bonchev–Trinajstić information content (AvgIpc) is 3.43. The number of fused-ring (bicyclic) bond motifs is 5. The van der Waals surface area contributed by atoms with Crippen LogP contribution in [0.3, 0.4) is 0 Å². The highest BCUT2D eigenvalue weighted by atomic mass is 16.7. The van der Waals surface area contributed by atoms with E-state index >= 15 is 0 Å².